The Balaban J connectivity index is 1.45. The second kappa shape index (κ2) is 5.06. The van der Waals surface area contributed by atoms with Gasteiger partial charge in [0.2, 0.25) is 0 Å². The molecule has 1 amide bonds. The zero-order valence-electron chi connectivity index (χ0n) is 12.0. The van der Waals surface area contributed by atoms with Crippen molar-refractivity contribution in [1.29, 1.82) is 0 Å². The highest BCUT2D eigenvalue weighted by atomic mass is 79.9. The smallest absolute Gasteiger partial charge is 0.314 e. The molecule has 1 spiro atoms. The lowest BCUT2D eigenvalue weighted by Crippen LogP contribution is -2.52. The molecule has 1 aromatic rings. The summed E-state index contributed by atoms with van der Waals surface area (Å²) in [7, 11) is 0. The molecule has 3 saturated heterocycles. The normalized spacial score (nSPS) is 32.4. The van der Waals surface area contributed by atoms with Crippen molar-refractivity contribution >= 4 is 27.8 Å². The molecule has 4 rings (SSSR count). The van der Waals surface area contributed by atoms with Gasteiger partial charge in [0.25, 0.3) is 5.91 Å². The number of rotatable bonds is 3. The first-order chi connectivity index (χ1) is 10.6. The molecule has 3 fully saturated rings. The largest absolute Gasteiger partial charge is 0.460 e. The molecule has 6 heteroatoms. The number of amides is 1. The first-order valence-electron chi connectivity index (χ1n) is 7.50. The van der Waals surface area contributed by atoms with E-state index in [1.807, 2.05) is 24.3 Å². The van der Waals surface area contributed by atoms with Crippen molar-refractivity contribution in [1.82, 2.24) is 4.90 Å². The lowest BCUT2D eigenvalue weighted by Gasteiger charge is -2.34. The Labute approximate surface area is 136 Å². The van der Waals surface area contributed by atoms with Crippen LogP contribution in [0.5, 0.6) is 0 Å². The molecule has 3 heterocycles. The Morgan fingerprint density at radius 2 is 2.18 bits per heavy atom. The first-order valence-corrected chi connectivity index (χ1v) is 8.30. The summed E-state index contributed by atoms with van der Waals surface area (Å²) in [6.07, 6.45) is 1.61. The molecular weight excluding hydrogens is 350 g/mol. The topological polar surface area (TPSA) is 55.8 Å². The fourth-order valence-electron chi connectivity index (χ4n) is 3.81. The Kier molecular flexibility index (Phi) is 3.27. The van der Waals surface area contributed by atoms with E-state index in [4.69, 9.17) is 9.47 Å². The van der Waals surface area contributed by atoms with Gasteiger partial charge in [0, 0.05) is 17.4 Å². The Morgan fingerprint density at radius 3 is 2.95 bits per heavy atom. The summed E-state index contributed by atoms with van der Waals surface area (Å²) in [6, 6.07) is 7.66. The highest BCUT2D eigenvalue weighted by molar-refractivity contribution is 9.10. The number of carbonyl (C=O) groups is 2. The second-order valence-corrected chi connectivity index (χ2v) is 6.98. The highest BCUT2D eigenvalue weighted by Gasteiger charge is 2.67. The molecule has 2 bridgehead atoms. The van der Waals surface area contributed by atoms with Crippen LogP contribution in [0.2, 0.25) is 0 Å². The number of fused-ring (bicyclic) bond motifs is 1. The number of carbonyl (C=O) groups excluding carboxylic acids is 2. The van der Waals surface area contributed by atoms with Crippen LogP contribution in [-0.2, 0) is 25.7 Å². The van der Waals surface area contributed by atoms with E-state index in [0.29, 0.717) is 13.0 Å². The summed E-state index contributed by atoms with van der Waals surface area (Å²) in [5, 5.41) is 0. The van der Waals surface area contributed by atoms with Gasteiger partial charge in [0.05, 0.1) is 0 Å². The van der Waals surface area contributed by atoms with Crippen molar-refractivity contribution in [2.45, 2.75) is 37.7 Å². The number of halogens is 1. The Morgan fingerprint density at radius 1 is 1.41 bits per heavy atom. The van der Waals surface area contributed by atoms with Crippen molar-refractivity contribution < 1.29 is 19.1 Å². The molecule has 5 nitrogen and oxygen atoms in total. The maximum absolute atomic E-state index is 12.5. The summed E-state index contributed by atoms with van der Waals surface area (Å²) in [6.45, 7) is 0.934. The minimum atomic E-state index is -0.724. The average molecular weight is 366 g/mol. The van der Waals surface area contributed by atoms with Gasteiger partial charge in [-0.2, -0.15) is 0 Å². The molecule has 22 heavy (non-hydrogen) atoms. The van der Waals surface area contributed by atoms with Crippen LogP contribution >= 0.6 is 15.9 Å². The van der Waals surface area contributed by atoms with Crippen LogP contribution < -0.4 is 0 Å². The lowest BCUT2D eigenvalue weighted by molar-refractivity contribution is -0.164. The molecule has 0 N–H and O–H groups in total. The molecule has 3 aliphatic heterocycles. The molecule has 0 saturated carbocycles. The number of esters is 1. The van der Waals surface area contributed by atoms with Crippen molar-refractivity contribution in [2.24, 2.45) is 5.92 Å². The van der Waals surface area contributed by atoms with E-state index in [1.54, 1.807) is 4.90 Å². The minimum absolute atomic E-state index is 0.0365. The SMILES string of the molecule is O=C(OCc1ccc(Br)cc1)[C@H]1C[C@H]2O[C@@]13CCCN3C2=O. The Bertz CT molecular complexity index is 632. The van der Waals surface area contributed by atoms with Crippen molar-refractivity contribution in [3.63, 3.8) is 0 Å². The third-order valence-corrected chi connectivity index (χ3v) is 5.36. The molecule has 0 aliphatic carbocycles. The number of nitrogens with zero attached hydrogens (tertiary/aromatic N) is 1. The summed E-state index contributed by atoms with van der Waals surface area (Å²) in [5.74, 6) is -0.576. The van der Waals surface area contributed by atoms with E-state index in [0.717, 1.165) is 22.9 Å². The first kappa shape index (κ1) is 14.2. The molecule has 0 radical (unpaired) electrons. The zero-order chi connectivity index (χ0) is 15.3. The van der Waals surface area contributed by atoms with E-state index >= 15 is 0 Å². The standard InChI is InChI=1S/C16H16BrNO4/c17-11-4-2-10(3-5-11)9-21-15(20)12-8-13-14(19)18-7-1-6-16(12,18)22-13/h2-5,12-13H,1,6-9H2/t12-,13-,16+/m1/s1. The average Bonchev–Trinajstić information content (AvgIpc) is 3.17. The summed E-state index contributed by atoms with van der Waals surface area (Å²) >= 11 is 3.38. The number of ether oxygens (including phenoxy) is 2. The molecular formula is C16H16BrNO4. The van der Waals surface area contributed by atoms with E-state index < -0.39 is 11.8 Å². The van der Waals surface area contributed by atoms with Gasteiger partial charge in [0.15, 0.2) is 5.72 Å². The van der Waals surface area contributed by atoms with Crippen molar-refractivity contribution in [2.75, 3.05) is 6.54 Å². The van der Waals surface area contributed by atoms with Gasteiger partial charge < -0.3 is 14.4 Å². The van der Waals surface area contributed by atoms with Crippen LogP contribution in [0, 0.1) is 5.92 Å². The summed E-state index contributed by atoms with van der Waals surface area (Å²) in [5.41, 5.74) is 0.218. The monoisotopic (exact) mass is 365 g/mol. The lowest BCUT2D eigenvalue weighted by atomic mass is 9.88. The maximum Gasteiger partial charge on any atom is 0.314 e. The van der Waals surface area contributed by atoms with E-state index in [-0.39, 0.29) is 24.4 Å². The van der Waals surface area contributed by atoms with E-state index in [1.165, 1.54) is 0 Å². The molecule has 3 atom stereocenters. The predicted octanol–water partition coefficient (Wildman–Crippen LogP) is 2.23. The number of benzene rings is 1. The van der Waals surface area contributed by atoms with Crippen molar-refractivity contribution in [3.8, 4) is 0 Å². The fraction of sp³-hybridized carbons (Fsp3) is 0.500. The van der Waals surface area contributed by atoms with Gasteiger partial charge in [-0.25, -0.2) is 0 Å². The van der Waals surface area contributed by atoms with Gasteiger partial charge in [0.1, 0.15) is 18.6 Å². The van der Waals surface area contributed by atoms with Crippen LogP contribution in [0.25, 0.3) is 0 Å². The van der Waals surface area contributed by atoms with Crippen LogP contribution in [0.4, 0.5) is 0 Å². The number of piperidine rings is 1. The number of hydrogen-bond acceptors (Lipinski definition) is 4. The van der Waals surface area contributed by atoms with Crippen LogP contribution in [0.15, 0.2) is 28.7 Å². The van der Waals surface area contributed by atoms with Crippen LogP contribution in [0.1, 0.15) is 24.8 Å². The van der Waals surface area contributed by atoms with Gasteiger partial charge in [-0.15, -0.1) is 0 Å². The van der Waals surface area contributed by atoms with Gasteiger partial charge in [-0.1, -0.05) is 28.1 Å². The molecule has 0 unspecified atom stereocenters. The molecule has 3 aliphatic rings. The van der Waals surface area contributed by atoms with E-state index in [9.17, 15) is 9.59 Å². The van der Waals surface area contributed by atoms with Gasteiger partial charge in [-0.05, 0) is 30.5 Å². The third kappa shape index (κ3) is 2.01. The van der Waals surface area contributed by atoms with Crippen LogP contribution in [0.3, 0.4) is 0 Å². The fourth-order valence-corrected chi connectivity index (χ4v) is 4.08. The summed E-state index contributed by atoms with van der Waals surface area (Å²) < 4.78 is 12.3. The minimum Gasteiger partial charge on any atom is -0.460 e. The number of hydrogen-bond donors (Lipinski definition) is 0. The third-order valence-electron chi connectivity index (χ3n) is 4.83. The highest BCUT2D eigenvalue weighted by Crippen LogP contribution is 2.52. The molecule has 0 aromatic heterocycles. The summed E-state index contributed by atoms with van der Waals surface area (Å²) in [4.78, 5) is 26.3. The quantitative estimate of drug-likeness (QED) is 0.770. The van der Waals surface area contributed by atoms with Gasteiger partial charge >= 0.3 is 5.97 Å². The second-order valence-electron chi connectivity index (χ2n) is 6.07. The van der Waals surface area contributed by atoms with E-state index in [2.05, 4.69) is 15.9 Å². The predicted molar refractivity (Wildman–Crippen MR) is 80.6 cm³/mol. The maximum atomic E-state index is 12.5. The molecule has 1 aromatic carbocycles. The van der Waals surface area contributed by atoms with Gasteiger partial charge in [-0.3, -0.25) is 9.59 Å². The van der Waals surface area contributed by atoms with Crippen LogP contribution in [-0.4, -0.2) is 35.2 Å². The zero-order valence-corrected chi connectivity index (χ0v) is 13.5. The Hall–Kier alpha value is -1.40. The molecule has 116 valence electrons. The van der Waals surface area contributed by atoms with Crippen molar-refractivity contribution in [3.05, 3.63) is 34.3 Å².